The molecule has 132 valence electrons. The molecule has 0 N–H and O–H groups in total. The van der Waals surface area contributed by atoms with Gasteiger partial charge in [0.2, 0.25) is 6.10 Å². The van der Waals surface area contributed by atoms with Gasteiger partial charge < -0.3 is 9.47 Å². The Morgan fingerprint density at radius 2 is 2.04 bits per heavy atom. The van der Waals surface area contributed by atoms with Gasteiger partial charge in [0.15, 0.2) is 0 Å². The number of nitrogens with zero attached hydrogens (tertiary/aromatic N) is 1. The summed E-state index contributed by atoms with van der Waals surface area (Å²) in [6.45, 7) is -0.277. The van der Waals surface area contributed by atoms with E-state index in [2.05, 4.69) is 4.74 Å². The third kappa shape index (κ3) is 3.14. The Hall–Kier alpha value is -2.32. The number of methoxy groups -OCH3 is 1. The molecule has 1 aliphatic heterocycles. The Kier molecular flexibility index (Phi) is 4.57. The van der Waals surface area contributed by atoms with Crippen molar-refractivity contribution >= 4 is 33.3 Å². The van der Waals surface area contributed by atoms with Crippen LogP contribution in [0.5, 0.6) is 5.75 Å². The minimum absolute atomic E-state index is 0.195. The van der Waals surface area contributed by atoms with Gasteiger partial charge in [-0.15, -0.1) is 0 Å². The fourth-order valence-corrected chi connectivity index (χ4v) is 4.20. The molecule has 25 heavy (non-hydrogen) atoms. The highest BCUT2D eigenvalue weighted by Gasteiger charge is 2.38. The van der Waals surface area contributed by atoms with E-state index in [4.69, 9.17) is 16.3 Å². The van der Waals surface area contributed by atoms with Crippen LogP contribution >= 0.6 is 11.6 Å². The number of esters is 1. The third-order valence-corrected chi connectivity index (χ3v) is 5.74. The van der Waals surface area contributed by atoms with Crippen LogP contribution in [0.2, 0.25) is 5.02 Å². The lowest BCUT2D eigenvalue weighted by Gasteiger charge is -2.34. The van der Waals surface area contributed by atoms with E-state index in [9.17, 15) is 17.6 Å². The molecule has 2 aromatic rings. The van der Waals surface area contributed by atoms with Crippen LogP contribution in [-0.4, -0.2) is 34.1 Å². The summed E-state index contributed by atoms with van der Waals surface area (Å²) in [6, 6.07) is 9.49. The number of para-hydroxylation sites is 2. The van der Waals surface area contributed by atoms with Crippen molar-refractivity contribution in [3.05, 3.63) is 53.3 Å². The summed E-state index contributed by atoms with van der Waals surface area (Å²) in [5.41, 5.74) is 0.267. The van der Waals surface area contributed by atoms with Crippen molar-refractivity contribution in [3.8, 4) is 5.75 Å². The van der Waals surface area contributed by atoms with E-state index in [1.807, 2.05) is 0 Å². The first-order valence-electron chi connectivity index (χ1n) is 7.16. The normalized spacial score (nSPS) is 16.8. The number of hydrogen-bond donors (Lipinski definition) is 0. The van der Waals surface area contributed by atoms with E-state index in [1.165, 1.54) is 7.11 Å². The molecule has 0 radical (unpaired) electrons. The Morgan fingerprint density at radius 3 is 2.72 bits per heavy atom. The van der Waals surface area contributed by atoms with Gasteiger partial charge in [-0.1, -0.05) is 23.7 Å². The molecule has 3 rings (SSSR count). The zero-order chi connectivity index (χ0) is 18.2. The summed E-state index contributed by atoms with van der Waals surface area (Å²) in [7, 11) is -2.91. The van der Waals surface area contributed by atoms with Crippen LogP contribution in [0.4, 0.5) is 10.1 Å². The maximum atomic E-state index is 13.4. The summed E-state index contributed by atoms with van der Waals surface area (Å²) in [5, 5.41) is -0.313. The monoisotopic (exact) mass is 385 g/mol. The minimum atomic E-state index is -4.09. The molecule has 1 heterocycles. The van der Waals surface area contributed by atoms with Gasteiger partial charge in [-0.2, -0.15) is 0 Å². The number of ether oxygens (including phenoxy) is 2. The van der Waals surface area contributed by atoms with Crippen LogP contribution in [0.3, 0.4) is 0 Å². The number of sulfonamides is 1. The van der Waals surface area contributed by atoms with Crippen molar-refractivity contribution in [3.63, 3.8) is 0 Å². The fraction of sp³-hybridized carbons (Fsp3) is 0.188. The van der Waals surface area contributed by atoms with Crippen LogP contribution in [-0.2, 0) is 19.6 Å². The molecule has 0 saturated carbocycles. The fourth-order valence-electron chi connectivity index (χ4n) is 2.45. The quantitative estimate of drug-likeness (QED) is 0.759. The first-order chi connectivity index (χ1) is 11.8. The Labute approximate surface area is 148 Å². The number of rotatable bonds is 3. The zero-order valence-corrected chi connectivity index (χ0v) is 14.6. The van der Waals surface area contributed by atoms with Crippen molar-refractivity contribution in [2.45, 2.75) is 11.0 Å². The molecule has 0 bridgehead atoms. The first-order valence-corrected chi connectivity index (χ1v) is 8.97. The maximum Gasteiger partial charge on any atom is 0.348 e. The van der Waals surface area contributed by atoms with Crippen molar-refractivity contribution in [1.82, 2.24) is 0 Å². The Bertz CT molecular complexity index is 934. The first kappa shape index (κ1) is 17.5. The molecule has 0 aliphatic carbocycles. The lowest BCUT2D eigenvalue weighted by atomic mass is 10.2. The second-order valence-electron chi connectivity index (χ2n) is 5.21. The van der Waals surface area contributed by atoms with E-state index < -0.39 is 27.9 Å². The van der Waals surface area contributed by atoms with Crippen LogP contribution in [0, 0.1) is 5.82 Å². The molecule has 0 amide bonds. The summed E-state index contributed by atoms with van der Waals surface area (Å²) in [5.74, 6) is -1.21. The summed E-state index contributed by atoms with van der Waals surface area (Å²) in [6.07, 6.45) is -1.12. The zero-order valence-electron chi connectivity index (χ0n) is 13.0. The number of benzene rings is 2. The topological polar surface area (TPSA) is 72.9 Å². The number of carbonyl (C=O) groups is 1. The van der Waals surface area contributed by atoms with Gasteiger partial charge in [0, 0.05) is 0 Å². The van der Waals surface area contributed by atoms with Crippen molar-refractivity contribution < 1.29 is 27.1 Å². The predicted octanol–water partition coefficient (Wildman–Crippen LogP) is 2.61. The van der Waals surface area contributed by atoms with Crippen LogP contribution in [0.15, 0.2) is 47.4 Å². The maximum absolute atomic E-state index is 13.4. The van der Waals surface area contributed by atoms with E-state index >= 15 is 0 Å². The average Bonchev–Trinajstić information content (AvgIpc) is 2.62. The Morgan fingerprint density at radius 1 is 1.32 bits per heavy atom. The lowest BCUT2D eigenvalue weighted by Crippen LogP contribution is -2.47. The SMILES string of the molecule is COC(=O)[C@@H]1CN(S(=O)(=O)c2ccc(F)c(Cl)c2)c2ccccc2O1. The molecular formula is C16H13ClFNO5S. The molecular weight excluding hydrogens is 373 g/mol. The number of halogens is 2. The van der Waals surface area contributed by atoms with Gasteiger partial charge in [-0.3, -0.25) is 4.31 Å². The Balaban J connectivity index is 2.10. The molecule has 0 saturated heterocycles. The van der Waals surface area contributed by atoms with Crippen LogP contribution in [0.25, 0.3) is 0 Å². The number of carbonyl (C=O) groups excluding carboxylic acids is 1. The van der Waals surface area contributed by atoms with E-state index in [1.54, 1.807) is 24.3 Å². The van der Waals surface area contributed by atoms with Gasteiger partial charge in [0.05, 0.1) is 29.3 Å². The highest BCUT2D eigenvalue weighted by Crippen LogP contribution is 2.37. The molecule has 1 atom stereocenters. The highest BCUT2D eigenvalue weighted by atomic mass is 35.5. The van der Waals surface area contributed by atoms with Crippen molar-refractivity contribution in [1.29, 1.82) is 0 Å². The summed E-state index contributed by atoms with van der Waals surface area (Å²) in [4.78, 5) is 11.6. The average molecular weight is 386 g/mol. The second-order valence-corrected chi connectivity index (χ2v) is 7.48. The predicted molar refractivity (Wildman–Crippen MR) is 88.8 cm³/mol. The van der Waals surface area contributed by atoms with E-state index in [0.717, 1.165) is 22.5 Å². The highest BCUT2D eigenvalue weighted by molar-refractivity contribution is 7.92. The number of fused-ring (bicyclic) bond motifs is 1. The molecule has 1 aliphatic rings. The molecule has 0 unspecified atom stereocenters. The van der Waals surface area contributed by atoms with Gasteiger partial charge >= 0.3 is 5.97 Å². The molecule has 2 aromatic carbocycles. The van der Waals surface area contributed by atoms with E-state index in [0.29, 0.717) is 0 Å². The lowest BCUT2D eigenvalue weighted by molar-refractivity contribution is -0.148. The van der Waals surface area contributed by atoms with Crippen molar-refractivity contribution in [2.24, 2.45) is 0 Å². The molecule has 0 fully saturated rings. The minimum Gasteiger partial charge on any atom is -0.475 e. The largest absolute Gasteiger partial charge is 0.475 e. The van der Waals surface area contributed by atoms with Gasteiger partial charge in [0.1, 0.15) is 11.6 Å². The summed E-state index contributed by atoms with van der Waals surface area (Å²) >= 11 is 5.70. The third-order valence-electron chi connectivity index (χ3n) is 3.68. The number of anilines is 1. The second kappa shape index (κ2) is 6.53. The number of hydrogen-bond acceptors (Lipinski definition) is 5. The van der Waals surface area contributed by atoms with Gasteiger partial charge in [0.25, 0.3) is 10.0 Å². The van der Waals surface area contributed by atoms with E-state index in [-0.39, 0.29) is 27.9 Å². The van der Waals surface area contributed by atoms with Crippen LogP contribution in [0.1, 0.15) is 0 Å². The molecule has 0 spiro atoms. The molecule has 6 nitrogen and oxygen atoms in total. The summed E-state index contributed by atoms with van der Waals surface area (Å²) < 4.78 is 50.6. The standard InChI is InChI=1S/C16H13ClFNO5S/c1-23-16(20)15-9-19(13-4-2-3-5-14(13)24-15)25(21,22)10-6-7-12(18)11(17)8-10/h2-8,15H,9H2,1H3/t15-/m0/s1. The van der Waals surface area contributed by atoms with Gasteiger partial charge in [-0.25, -0.2) is 17.6 Å². The molecule has 9 heteroatoms. The van der Waals surface area contributed by atoms with Gasteiger partial charge in [-0.05, 0) is 30.3 Å². The van der Waals surface area contributed by atoms with Crippen molar-refractivity contribution in [2.75, 3.05) is 18.0 Å². The molecule has 0 aromatic heterocycles. The smallest absolute Gasteiger partial charge is 0.348 e. The van der Waals surface area contributed by atoms with Crippen LogP contribution < -0.4 is 9.04 Å².